The maximum absolute atomic E-state index is 11.7. The van der Waals surface area contributed by atoms with Crippen molar-refractivity contribution in [2.75, 3.05) is 19.8 Å². The molecular weight excluding hydrogens is 516 g/mol. The van der Waals surface area contributed by atoms with Crippen LogP contribution in [0.4, 0.5) is 0 Å². The number of hydrogen-bond acceptors (Lipinski definition) is 8. The van der Waals surface area contributed by atoms with Crippen LogP contribution in [-0.4, -0.2) is 39.4 Å². The highest BCUT2D eigenvalue weighted by Crippen LogP contribution is 2.40. The van der Waals surface area contributed by atoms with Gasteiger partial charge in [-0.25, -0.2) is 0 Å². The number of ether oxygens (including phenoxy) is 3. The topological polar surface area (TPSA) is 102 Å². The summed E-state index contributed by atoms with van der Waals surface area (Å²) in [5, 5.41) is 20.3. The van der Waals surface area contributed by atoms with Crippen molar-refractivity contribution in [2.24, 2.45) is 0 Å². The molecule has 39 heavy (non-hydrogen) atoms. The van der Waals surface area contributed by atoms with E-state index in [9.17, 15) is 10.1 Å². The van der Waals surface area contributed by atoms with Gasteiger partial charge in [0.2, 0.25) is 6.54 Å². The SMILES string of the molecule is CCOc1ccc(-n2c(C)nnc2S[C@H](C[N+](=O)[O-])c2ccc(OCc3ccc(C)cc3)c(OCC)c2)cc1. The third-order valence-corrected chi connectivity index (χ3v) is 7.10. The zero-order chi connectivity index (χ0) is 27.8. The van der Waals surface area contributed by atoms with Gasteiger partial charge in [-0.2, -0.15) is 0 Å². The fraction of sp³-hybridized carbons (Fsp3) is 0.310. The number of nitrogens with zero attached hydrogens (tertiary/aromatic N) is 4. The van der Waals surface area contributed by atoms with E-state index in [1.54, 1.807) is 0 Å². The smallest absolute Gasteiger partial charge is 0.220 e. The summed E-state index contributed by atoms with van der Waals surface area (Å²) in [5.41, 5.74) is 3.80. The van der Waals surface area contributed by atoms with Gasteiger partial charge < -0.3 is 14.2 Å². The Morgan fingerprint density at radius 2 is 1.62 bits per heavy atom. The monoisotopic (exact) mass is 548 g/mol. The van der Waals surface area contributed by atoms with Crippen molar-refractivity contribution < 1.29 is 19.1 Å². The molecule has 0 unspecified atom stereocenters. The molecule has 0 spiro atoms. The van der Waals surface area contributed by atoms with E-state index in [4.69, 9.17) is 14.2 Å². The largest absolute Gasteiger partial charge is 0.494 e. The Bertz CT molecular complexity index is 1390. The Morgan fingerprint density at radius 1 is 0.897 bits per heavy atom. The molecule has 0 radical (unpaired) electrons. The first-order chi connectivity index (χ1) is 18.9. The molecule has 0 aliphatic rings. The molecule has 0 fully saturated rings. The van der Waals surface area contributed by atoms with Gasteiger partial charge in [-0.3, -0.25) is 14.7 Å². The first kappa shape index (κ1) is 28.0. The Hall–Kier alpha value is -4.05. The molecule has 10 heteroatoms. The molecule has 204 valence electrons. The van der Waals surface area contributed by atoms with Gasteiger partial charge in [0.05, 0.1) is 13.2 Å². The van der Waals surface area contributed by atoms with Crippen LogP contribution in [0.1, 0.15) is 41.6 Å². The lowest BCUT2D eigenvalue weighted by Crippen LogP contribution is -2.11. The van der Waals surface area contributed by atoms with Gasteiger partial charge in [0.15, 0.2) is 16.7 Å². The first-order valence-electron chi connectivity index (χ1n) is 12.8. The summed E-state index contributed by atoms with van der Waals surface area (Å²) in [6, 6.07) is 21.2. The number of aryl methyl sites for hydroxylation is 2. The number of nitro groups is 1. The first-order valence-corrected chi connectivity index (χ1v) is 13.6. The molecule has 3 aromatic carbocycles. The summed E-state index contributed by atoms with van der Waals surface area (Å²) in [5.74, 6) is 2.57. The maximum Gasteiger partial charge on any atom is 0.220 e. The van der Waals surface area contributed by atoms with Gasteiger partial charge in [0.1, 0.15) is 23.4 Å². The summed E-state index contributed by atoms with van der Waals surface area (Å²) in [6.45, 7) is 8.81. The fourth-order valence-electron chi connectivity index (χ4n) is 4.01. The van der Waals surface area contributed by atoms with Crippen molar-refractivity contribution in [2.45, 2.75) is 44.7 Å². The van der Waals surface area contributed by atoms with Crippen molar-refractivity contribution in [1.82, 2.24) is 14.8 Å². The van der Waals surface area contributed by atoms with E-state index in [1.165, 1.54) is 17.3 Å². The maximum atomic E-state index is 11.7. The lowest BCUT2D eigenvalue weighted by molar-refractivity contribution is -0.479. The molecule has 0 amide bonds. The third kappa shape index (κ3) is 7.29. The van der Waals surface area contributed by atoms with Gasteiger partial charge in [0.25, 0.3) is 0 Å². The van der Waals surface area contributed by atoms with Crippen molar-refractivity contribution in [3.8, 4) is 22.9 Å². The molecule has 4 aromatic rings. The van der Waals surface area contributed by atoms with E-state index in [-0.39, 0.29) is 11.5 Å². The minimum atomic E-state index is -0.532. The van der Waals surface area contributed by atoms with E-state index in [0.717, 1.165) is 22.6 Å². The van der Waals surface area contributed by atoms with Crippen molar-refractivity contribution in [1.29, 1.82) is 0 Å². The number of hydrogen-bond donors (Lipinski definition) is 0. The Kier molecular flexibility index (Phi) is 9.43. The second kappa shape index (κ2) is 13.1. The number of rotatable bonds is 13. The Labute approximate surface area is 232 Å². The average Bonchev–Trinajstić information content (AvgIpc) is 3.28. The van der Waals surface area contributed by atoms with Gasteiger partial charge in [-0.15, -0.1) is 10.2 Å². The summed E-state index contributed by atoms with van der Waals surface area (Å²) in [7, 11) is 0. The van der Waals surface area contributed by atoms with E-state index in [1.807, 2.05) is 99.0 Å². The predicted molar refractivity (Wildman–Crippen MR) is 151 cm³/mol. The number of aromatic nitrogens is 3. The summed E-state index contributed by atoms with van der Waals surface area (Å²) < 4.78 is 19.4. The standard InChI is InChI=1S/C29H32N4O5S/c1-5-36-25-14-12-24(13-15-25)33-21(4)30-31-29(33)39-28(18-32(34)35)23-11-16-26(27(17-23)37-6-2)38-19-22-9-7-20(3)8-10-22/h7-17,28H,5-6,18-19H2,1-4H3/t28-/m1/s1. The molecule has 1 aromatic heterocycles. The van der Waals surface area contributed by atoms with E-state index < -0.39 is 5.25 Å². The van der Waals surface area contributed by atoms with Crippen LogP contribution in [0, 0.1) is 24.0 Å². The summed E-state index contributed by atoms with van der Waals surface area (Å²) >= 11 is 1.29. The second-order valence-corrected chi connectivity index (χ2v) is 10.00. The molecule has 0 bridgehead atoms. The minimum Gasteiger partial charge on any atom is -0.494 e. The highest BCUT2D eigenvalue weighted by molar-refractivity contribution is 7.99. The highest BCUT2D eigenvalue weighted by Gasteiger charge is 2.25. The van der Waals surface area contributed by atoms with Crippen molar-refractivity contribution in [3.05, 3.63) is 99.4 Å². The molecule has 1 heterocycles. The van der Waals surface area contributed by atoms with E-state index in [0.29, 0.717) is 42.3 Å². The van der Waals surface area contributed by atoms with Crippen LogP contribution in [0.3, 0.4) is 0 Å². The quantitative estimate of drug-likeness (QED) is 0.108. The zero-order valence-electron chi connectivity index (χ0n) is 22.5. The molecule has 0 aliphatic carbocycles. The second-order valence-electron chi connectivity index (χ2n) is 8.83. The van der Waals surface area contributed by atoms with Crippen LogP contribution < -0.4 is 14.2 Å². The summed E-state index contributed by atoms with van der Waals surface area (Å²) in [6.07, 6.45) is 0. The van der Waals surface area contributed by atoms with Crippen LogP contribution in [0.15, 0.2) is 71.9 Å². The molecule has 9 nitrogen and oxygen atoms in total. The van der Waals surface area contributed by atoms with Gasteiger partial charge >= 0.3 is 0 Å². The Morgan fingerprint density at radius 3 is 2.28 bits per heavy atom. The zero-order valence-corrected chi connectivity index (χ0v) is 23.3. The van der Waals surface area contributed by atoms with Crippen LogP contribution in [-0.2, 0) is 6.61 Å². The normalized spacial score (nSPS) is 11.7. The molecule has 4 rings (SSSR count). The van der Waals surface area contributed by atoms with Crippen LogP contribution >= 0.6 is 11.8 Å². The minimum absolute atomic E-state index is 0.297. The van der Waals surface area contributed by atoms with Crippen LogP contribution in [0.2, 0.25) is 0 Å². The molecule has 0 N–H and O–H groups in total. The van der Waals surface area contributed by atoms with E-state index in [2.05, 4.69) is 10.2 Å². The van der Waals surface area contributed by atoms with Gasteiger partial charge in [-0.05, 0) is 75.2 Å². The average molecular weight is 549 g/mol. The van der Waals surface area contributed by atoms with Gasteiger partial charge in [0, 0.05) is 10.6 Å². The van der Waals surface area contributed by atoms with Crippen LogP contribution in [0.5, 0.6) is 17.2 Å². The Balaban J connectivity index is 1.60. The van der Waals surface area contributed by atoms with Crippen LogP contribution in [0.25, 0.3) is 5.69 Å². The molecular formula is C29H32N4O5S. The van der Waals surface area contributed by atoms with Gasteiger partial charge in [-0.1, -0.05) is 47.7 Å². The fourth-order valence-corrected chi connectivity index (χ4v) is 5.17. The predicted octanol–water partition coefficient (Wildman–Crippen LogP) is 6.37. The lowest BCUT2D eigenvalue weighted by atomic mass is 10.1. The molecule has 0 aliphatic heterocycles. The number of benzene rings is 3. The molecule has 1 atom stereocenters. The summed E-state index contributed by atoms with van der Waals surface area (Å²) in [4.78, 5) is 11.4. The molecule has 0 saturated carbocycles. The lowest BCUT2D eigenvalue weighted by Gasteiger charge is -2.17. The molecule has 0 saturated heterocycles. The number of thioether (sulfide) groups is 1. The third-order valence-electron chi connectivity index (χ3n) is 5.92. The highest BCUT2D eigenvalue weighted by atomic mass is 32.2. The van der Waals surface area contributed by atoms with Crippen molar-refractivity contribution >= 4 is 11.8 Å². The van der Waals surface area contributed by atoms with Crippen molar-refractivity contribution in [3.63, 3.8) is 0 Å². The van der Waals surface area contributed by atoms with E-state index >= 15 is 0 Å².